The van der Waals surface area contributed by atoms with Crippen molar-refractivity contribution < 1.29 is 9.53 Å². The topological polar surface area (TPSA) is 85.2 Å². The monoisotopic (exact) mass is 493 g/mol. The summed E-state index contributed by atoms with van der Waals surface area (Å²) in [7, 11) is 1.65. The van der Waals surface area contributed by atoms with E-state index in [4.69, 9.17) is 9.72 Å². The molecule has 0 bridgehead atoms. The lowest BCUT2D eigenvalue weighted by Gasteiger charge is -2.30. The first-order valence-electron chi connectivity index (χ1n) is 12.4. The molecule has 3 aromatic carbocycles. The number of aryl methyl sites for hydroxylation is 1. The van der Waals surface area contributed by atoms with Crippen LogP contribution in [0.15, 0.2) is 83.7 Å². The Hall–Kier alpha value is -4.59. The fourth-order valence-electron chi connectivity index (χ4n) is 5.06. The normalized spacial score (nSPS) is 13.1. The Morgan fingerprint density at radius 3 is 2.49 bits per heavy atom. The first kappa shape index (κ1) is 22.8. The van der Waals surface area contributed by atoms with Crippen LogP contribution in [0.1, 0.15) is 12.1 Å². The number of para-hydroxylation sites is 2. The molecule has 186 valence electrons. The Labute approximate surface area is 213 Å². The fourth-order valence-corrected chi connectivity index (χ4v) is 5.06. The second kappa shape index (κ2) is 9.46. The summed E-state index contributed by atoms with van der Waals surface area (Å²) in [6, 6.07) is 25.5. The molecule has 8 nitrogen and oxygen atoms in total. The number of methoxy groups -OCH3 is 1. The minimum Gasteiger partial charge on any atom is -0.497 e. The molecule has 0 saturated carbocycles. The Bertz CT molecular complexity index is 1630. The van der Waals surface area contributed by atoms with Crippen molar-refractivity contribution in [2.24, 2.45) is 0 Å². The minimum absolute atomic E-state index is 0.0200. The third kappa shape index (κ3) is 4.20. The van der Waals surface area contributed by atoms with Crippen molar-refractivity contribution in [3.05, 3.63) is 95.0 Å². The standard InChI is InChI=1S/C29H27N5O3/c1-37-22-13-11-20(12-14-22)27-25-19-32(17-18-33(25)28(31-27)21-7-3-2-4-8-21)26(35)15-16-34-24-10-6-5-9-23(24)30-29(34)36/h2-14H,15-19H2,1H3,(H,30,36). The molecular formula is C29H27N5O3. The van der Waals surface area contributed by atoms with Crippen molar-refractivity contribution in [3.63, 3.8) is 0 Å². The Kier molecular flexibility index (Phi) is 5.84. The van der Waals surface area contributed by atoms with Crippen LogP contribution in [0.4, 0.5) is 0 Å². The molecule has 1 amide bonds. The highest BCUT2D eigenvalue weighted by Crippen LogP contribution is 2.33. The SMILES string of the molecule is COc1ccc(-c2nc(-c3ccccc3)n3c2CN(C(=O)CCn2c(=O)[nH]c4ccccc42)CC3)cc1. The molecule has 0 unspecified atom stereocenters. The van der Waals surface area contributed by atoms with E-state index < -0.39 is 0 Å². The molecule has 2 aromatic heterocycles. The average Bonchev–Trinajstić information content (AvgIpc) is 3.49. The Morgan fingerprint density at radius 2 is 1.70 bits per heavy atom. The number of H-pyrrole nitrogens is 1. The largest absolute Gasteiger partial charge is 0.497 e. The quantitative estimate of drug-likeness (QED) is 0.382. The first-order valence-corrected chi connectivity index (χ1v) is 12.4. The summed E-state index contributed by atoms with van der Waals surface area (Å²) < 4.78 is 9.19. The van der Waals surface area contributed by atoms with Crippen LogP contribution in [-0.2, 0) is 24.4 Å². The van der Waals surface area contributed by atoms with Gasteiger partial charge in [0.05, 0.1) is 36.1 Å². The van der Waals surface area contributed by atoms with Gasteiger partial charge in [0.25, 0.3) is 0 Å². The van der Waals surface area contributed by atoms with Gasteiger partial charge in [0.15, 0.2) is 0 Å². The number of imidazole rings is 2. The molecule has 37 heavy (non-hydrogen) atoms. The van der Waals surface area contributed by atoms with Crippen molar-refractivity contribution in [1.82, 2.24) is 24.0 Å². The maximum absolute atomic E-state index is 13.3. The molecule has 0 aliphatic carbocycles. The van der Waals surface area contributed by atoms with Crippen LogP contribution in [0.5, 0.6) is 5.75 Å². The van der Waals surface area contributed by atoms with Gasteiger partial charge in [-0.05, 0) is 36.4 Å². The van der Waals surface area contributed by atoms with Gasteiger partial charge in [-0.2, -0.15) is 0 Å². The third-order valence-corrected chi connectivity index (χ3v) is 6.99. The molecule has 5 aromatic rings. The number of amides is 1. The van der Waals surface area contributed by atoms with Crippen molar-refractivity contribution in [1.29, 1.82) is 0 Å². The zero-order valence-corrected chi connectivity index (χ0v) is 20.6. The molecule has 1 aliphatic heterocycles. The molecule has 0 fully saturated rings. The lowest BCUT2D eigenvalue weighted by molar-refractivity contribution is -0.132. The van der Waals surface area contributed by atoms with Gasteiger partial charge < -0.3 is 19.2 Å². The van der Waals surface area contributed by atoms with E-state index in [2.05, 4.69) is 21.7 Å². The molecule has 0 atom stereocenters. The lowest BCUT2D eigenvalue weighted by Crippen LogP contribution is -2.39. The van der Waals surface area contributed by atoms with E-state index in [1.165, 1.54) is 0 Å². The summed E-state index contributed by atoms with van der Waals surface area (Å²) in [4.78, 5) is 35.5. The predicted molar refractivity (Wildman–Crippen MR) is 142 cm³/mol. The number of carbonyl (C=O) groups excluding carboxylic acids is 1. The maximum Gasteiger partial charge on any atom is 0.326 e. The number of nitrogens with zero attached hydrogens (tertiary/aromatic N) is 4. The number of rotatable bonds is 6. The number of carbonyl (C=O) groups is 1. The summed E-state index contributed by atoms with van der Waals surface area (Å²) in [5.74, 6) is 1.70. The zero-order chi connectivity index (χ0) is 25.4. The Balaban J connectivity index is 1.29. The number of benzene rings is 3. The van der Waals surface area contributed by atoms with E-state index in [1.54, 1.807) is 11.7 Å². The van der Waals surface area contributed by atoms with Crippen molar-refractivity contribution in [2.75, 3.05) is 13.7 Å². The van der Waals surface area contributed by atoms with E-state index in [0.29, 0.717) is 26.2 Å². The molecule has 8 heteroatoms. The molecule has 6 rings (SSSR count). The molecular weight excluding hydrogens is 466 g/mol. The van der Waals surface area contributed by atoms with Gasteiger partial charge in [0.1, 0.15) is 11.6 Å². The van der Waals surface area contributed by atoms with Gasteiger partial charge in [0.2, 0.25) is 5.91 Å². The van der Waals surface area contributed by atoms with Gasteiger partial charge in [-0.25, -0.2) is 9.78 Å². The van der Waals surface area contributed by atoms with Gasteiger partial charge in [-0.15, -0.1) is 0 Å². The minimum atomic E-state index is -0.194. The number of aromatic amines is 1. The van der Waals surface area contributed by atoms with Crippen LogP contribution in [0.3, 0.4) is 0 Å². The van der Waals surface area contributed by atoms with Gasteiger partial charge in [-0.3, -0.25) is 9.36 Å². The summed E-state index contributed by atoms with van der Waals surface area (Å²) >= 11 is 0. The van der Waals surface area contributed by atoms with Crippen molar-refractivity contribution in [3.8, 4) is 28.4 Å². The van der Waals surface area contributed by atoms with E-state index >= 15 is 0 Å². The number of ether oxygens (including phenoxy) is 1. The molecule has 0 spiro atoms. The summed E-state index contributed by atoms with van der Waals surface area (Å²) in [5, 5.41) is 0. The van der Waals surface area contributed by atoms with Crippen LogP contribution in [0.25, 0.3) is 33.7 Å². The highest BCUT2D eigenvalue weighted by molar-refractivity contribution is 5.78. The number of hydrogen-bond acceptors (Lipinski definition) is 4. The van der Waals surface area contributed by atoms with E-state index in [-0.39, 0.29) is 18.0 Å². The third-order valence-electron chi connectivity index (χ3n) is 6.99. The summed E-state index contributed by atoms with van der Waals surface area (Å²) in [6.07, 6.45) is 0.249. The highest BCUT2D eigenvalue weighted by Gasteiger charge is 2.28. The van der Waals surface area contributed by atoms with Crippen LogP contribution in [0, 0.1) is 0 Å². The summed E-state index contributed by atoms with van der Waals surface area (Å²) in [6.45, 7) is 2.04. The van der Waals surface area contributed by atoms with Crippen LogP contribution >= 0.6 is 0 Å². The van der Waals surface area contributed by atoms with Gasteiger partial charge in [0, 0.05) is 37.2 Å². The lowest BCUT2D eigenvalue weighted by atomic mass is 10.1. The molecule has 0 saturated heterocycles. The Morgan fingerprint density at radius 1 is 0.946 bits per heavy atom. The smallest absolute Gasteiger partial charge is 0.326 e. The number of hydrogen-bond donors (Lipinski definition) is 1. The highest BCUT2D eigenvalue weighted by atomic mass is 16.5. The number of nitrogens with one attached hydrogen (secondary N) is 1. The summed E-state index contributed by atoms with van der Waals surface area (Å²) in [5.41, 5.74) is 5.29. The van der Waals surface area contributed by atoms with Gasteiger partial charge >= 0.3 is 5.69 Å². The van der Waals surface area contributed by atoms with Crippen LogP contribution in [-0.4, -0.2) is 43.6 Å². The first-order chi connectivity index (χ1) is 18.1. The maximum atomic E-state index is 13.3. The van der Waals surface area contributed by atoms with Crippen molar-refractivity contribution in [2.45, 2.75) is 26.1 Å². The number of fused-ring (bicyclic) bond motifs is 2. The molecule has 1 aliphatic rings. The molecule has 1 N–H and O–H groups in total. The average molecular weight is 494 g/mol. The van der Waals surface area contributed by atoms with Gasteiger partial charge in [-0.1, -0.05) is 42.5 Å². The van der Waals surface area contributed by atoms with E-state index in [1.807, 2.05) is 71.6 Å². The number of aromatic nitrogens is 4. The van der Waals surface area contributed by atoms with Crippen LogP contribution in [0.2, 0.25) is 0 Å². The second-order valence-electron chi connectivity index (χ2n) is 9.14. The molecule has 0 radical (unpaired) electrons. The molecule has 3 heterocycles. The van der Waals surface area contributed by atoms with Crippen molar-refractivity contribution >= 4 is 16.9 Å². The second-order valence-corrected chi connectivity index (χ2v) is 9.14. The van der Waals surface area contributed by atoms with E-state index in [9.17, 15) is 9.59 Å². The fraction of sp³-hybridized carbons (Fsp3) is 0.207. The van der Waals surface area contributed by atoms with Crippen LogP contribution < -0.4 is 10.4 Å². The zero-order valence-electron chi connectivity index (χ0n) is 20.6. The van der Waals surface area contributed by atoms with E-state index in [0.717, 1.165) is 45.1 Å². The predicted octanol–water partition coefficient (Wildman–Crippen LogP) is 4.30.